The predicted octanol–water partition coefficient (Wildman–Crippen LogP) is -0.133. The fraction of sp³-hybridized carbons (Fsp3) is 0.615. The second kappa shape index (κ2) is 6.33. The maximum absolute atomic E-state index is 5.54. The molecule has 8 nitrogen and oxygen atoms in total. The molecule has 1 aliphatic heterocycles. The lowest BCUT2D eigenvalue weighted by Gasteiger charge is -2.24. The van der Waals surface area contributed by atoms with Crippen LogP contribution in [-0.4, -0.2) is 51.4 Å². The summed E-state index contributed by atoms with van der Waals surface area (Å²) in [5.74, 6) is 1.77. The van der Waals surface area contributed by atoms with Crippen LogP contribution in [0, 0.1) is 0 Å². The highest BCUT2D eigenvalue weighted by molar-refractivity contribution is 5.21. The normalized spacial score (nSPS) is 17.9. The summed E-state index contributed by atoms with van der Waals surface area (Å²) in [5.41, 5.74) is 1.10. The molecule has 3 rings (SSSR count). The van der Waals surface area contributed by atoms with Crippen LogP contribution in [0.2, 0.25) is 0 Å². The third kappa shape index (κ3) is 2.97. The lowest BCUT2D eigenvalue weighted by molar-refractivity contribution is 0.0569. The zero-order valence-corrected chi connectivity index (χ0v) is 12.3. The van der Waals surface area contributed by atoms with Crippen molar-refractivity contribution in [2.75, 3.05) is 26.9 Å². The molecule has 2 aromatic heterocycles. The second-order valence-corrected chi connectivity index (χ2v) is 5.01. The van der Waals surface area contributed by atoms with E-state index >= 15 is 0 Å². The molecule has 1 atom stereocenters. The summed E-state index contributed by atoms with van der Waals surface area (Å²) < 4.78 is 14.4. The average Bonchev–Trinajstić information content (AvgIpc) is 3.10. The number of aryl methyl sites for hydroxylation is 1. The van der Waals surface area contributed by atoms with E-state index in [4.69, 9.17) is 9.47 Å². The summed E-state index contributed by atoms with van der Waals surface area (Å²) in [6.45, 7) is 3.32. The standard InChI is InChI=1S/C13H20N6O2/c1-18-8-10(7-15-18)12-13-17-16-11(9-21-6-5-20-2)19(13)4-3-14-12/h7-8,12,14H,3-6,9H2,1-2H3. The molecule has 0 saturated carbocycles. The highest BCUT2D eigenvalue weighted by Gasteiger charge is 2.26. The highest BCUT2D eigenvalue weighted by atomic mass is 16.5. The monoisotopic (exact) mass is 292 g/mol. The number of hydrogen-bond acceptors (Lipinski definition) is 6. The van der Waals surface area contributed by atoms with Gasteiger partial charge in [0.1, 0.15) is 6.61 Å². The van der Waals surface area contributed by atoms with E-state index in [1.165, 1.54) is 0 Å². The predicted molar refractivity (Wildman–Crippen MR) is 74.6 cm³/mol. The Hall–Kier alpha value is -1.77. The van der Waals surface area contributed by atoms with Gasteiger partial charge >= 0.3 is 0 Å². The molecule has 21 heavy (non-hydrogen) atoms. The number of aromatic nitrogens is 5. The Morgan fingerprint density at radius 3 is 3.05 bits per heavy atom. The third-order valence-electron chi connectivity index (χ3n) is 3.52. The Bertz CT molecular complexity index is 593. The van der Waals surface area contributed by atoms with Crippen molar-refractivity contribution in [1.29, 1.82) is 0 Å². The molecule has 1 aliphatic rings. The molecule has 114 valence electrons. The molecule has 0 bridgehead atoms. The Morgan fingerprint density at radius 1 is 1.38 bits per heavy atom. The first-order chi connectivity index (χ1) is 10.3. The summed E-state index contributed by atoms with van der Waals surface area (Å²) in [5, 5.41) is 16.3. The number of nitrogens with one attached hydrogen (secondary N) is 1. The lowest BCUT2D eigenvalue weighted by Crippen LogP contribution is -2.34. The fourth-order valence-electron chi connectivity index (χ4n) is 2.49. The van der Waals surface area contributed by atoms with Crippen molar-refractivity contribution in [1.82, 2.24) is 29.9 Å². The average molecular weight is 292 g/mol. The Balaban J connectivity index is 1.75. The van der Waals surface area contributed by atoms with Gasteiger partial charge in [-0.2, -0.15) is 5.10 Å². The molecule has 1 unspecified atom stereocenters. The van der Waals surface area contributed by atoms with E-state index < -0.39 is 0 Å². The van der Waals surface area contributed by atoms with Gasteiger partial charge in [-0.15, -0.1) is 10.2 Å². The van der Waals surface area contributed by atoms with Crippen molar-refractivity contribution in [3.8, 4) is 0 Å². The van der Waals surface area contributed by atoms with E-state index in [0.717, 1.165) is 30.3 Å². The number of rotatable bonds is 6. The molecule has 0 radical (unpaired) electrons. The molecule has 8 heteroatoms. The summed E-state index contributed by atoms with van der Waals surface area (Å²) in [6.07, 6.45) is 3.85. The van der Waals surface area contributed by atoms with Gasteiger partial charge in [0.05, 0.1) is 25.5 Å². The molecule has 2 aromatic rings. The number of fused-ring (bicyclic) bond motifs is 1. The third-order valence-corrected chi connectivity index (χ3v) is 3.52. The molecule has 3 heterocycles. The first-order valence-corrected chi connectivity index (χ1v) is 7.00. The van der Waals surface area contributed by atoms with E-state index in [1.807, 2.05) is 19.4 Å². The highest BCUT2D eigenvalue weighted by Crippen LogP contribution is 2.23. The molecule has 0 aromatic carbocycles. The Morgan fingerprint density at radius 2 is 2.29 bits per heavy atom. The van der Waals surface area contributed by atoms with Crippen molar-refractivity contribution in [2.45, 2.75) is 19.2 Å². The first-order valence-electron chi connectivity index (χ1n) is 7.00. The van der Waals surface area contributed by atoms with Gasteiger partial charge in [0, 0.05) is 39.0 Å². The minimum absolute atomic E-state index is 0.0349. The minimum atomic E-state index is 0.0349. The maximum atomic E-state index is 5.54. The lowest BCUT2D eigenvalue weighted by atomic mass is 10.1. The molecule has 0 spiro atoms. The SMILES string of the molecule is COCCOCc1nnc2n1CCNC2c1cnn(C)c1. The van der Waals surface area contributed by atoms with Crippen molar-refractivity contribution in [3.63, 3.8) is 0 Å². The van der Waals surface area contributed by atoms with E-state index in [0.29, 0.717) is 19.8 Å². The number of nitrogens with zero attached hydrogens (tertiary/aromatic N) is 5. The van der Waals surface area contributed by atoms with Gasteiger partial charge in [0.15, 0.2) is 11.6 Å². The van der Waals surface area contributed by atoms with Crippen LogP contribution in [0.25, 0.3) is 0 Å². The van der Waals surface area contributed by atoms with Crippen LogP contribution >= 0.6 is 0 Å². The van der Waals surface area contributed by atoms with E-state index in [2.05, 4.69) is 25.2 Å². The van der Waals surface area contributed by atoms with Crippen molar-refractivity contribution < 1.29 is 9.47 Å². The van der Waals surface area contributed by atoms with Gasteiger partial charge in [0.25, 0.3) is 0 Å². The number of methoxy groups -OCH3 is 1. The largest absolute Gasteiger partial charge is 0.382 e. The number of hydrogen-bond donors (Lipinski definition) is 1. The molecule has 0 saturated heterocycles. The van der Waals surface area contributed by atoms with Crippen LogP contribution in [0.4, 0.5) is 0 Å². The van der Waals surface area contributed by atoms with Crippen molar-refractivity contribution in [3.05, 3.63) is 29.6 Å². The van der Waals surface area contributed by atoms with Gasteiger partial charge < -0.3 is 19.4 Å². The van der Waals surface area contributed by atoms with E-state index in [-0.39, 0.29) is 6.04 Å². The summed E-state index contributed by atoms with van der Waals surface area (Å²) in [4.78, 5) is 0. The molecule has 0 amide bonds. The van der Waals surface area contributed by atoms with Crippen LogP contribution in [0.3, 0.4) is 0 Å². The minimum Gasteiger partial charge on any atom is -0.382 e. The molecule has 0 aliphatic carbocycles. The smallest absolute Gasteiger partial charge is 0.159 e. The summed E-state index contributed by atoms with van der Waals surface area (Å²) in [6, 6.07) is 0.0349. The summed E-state index contributed by atoms with van der Waals surface area (Å²) >= 11 is 0. The van der Waals surface area contributed by atoms with Crippen molar-refractivity contribution in [2.24, 2.45) is 7.05 Å². The van der Waals surface area contributed by atoms with Crippen LogP contribution in [0.15, 0.2) is 12.4 Å². The molecule has 0 fully saturated rings. The van der Waals surface area contributed by atoms with Crippen LogP contribution < -0.4 is 5.32 Å². The quantitative estimate of drug-likeness (QED) is 0.747. The van der Waals surface area contributed by atoms with Gasteiger partial charge in [-0.1, -0.05) is 0 Å². The molecule has 1 N–H and O–H groups in total. The Labute approximate surface area is 123 Å². The van der Waals surface area contributed by atoms with Crippen molar-refractivity contribution >= 4 is 0 Å². The van der Waals surface area contributed by atoms with Crippen LogP contribution in [0.5, 0.6) is 0 Å². The zero-order valence-electron chi connectivity index (χ0n) is 12.3. The van der Waals surface area contributed by atoms with Gasteiger partial charge in [0.2, 0.25) is 0 Å². The van der Waals surface area contributed by atoms with Gasteiger partial charge in [-0.25, -0.2) is 0 Å². The van der Waals surface area contributed by atoms with E-state index in [9.17, 15) is 0 Å². The second-order valence-electron chi connectivity index (χ2n) is 5.01. The van der Waals surface area contributed by atoms with E-state index in [1.54, 1.807) is 11.8 Å². The first kappa shape index (κ1) is 14.2. The van der Waals surface area contributed by atoms with Gasteiger partial charge in [-0.05, 0) is 0 Å². The zero-order chi connectivity index (χ0) is 14.7. The summed E-state index contributed by atoms with van der Waals surface area (Å²) in [7, 11) is 3.57. The van der Waals surface area contributed by atoms with Gasteiger partial charge in [-0.3, -0.25) is 4.68 Å². The maximum Gasteiger partial charge on any atom is 0.159 e. The number of ether oxygens (including phenoxy) is 2. The fourth-order valence-corrected chi connectivity index (χ4v) is 2.49. The van der Waals surface area contributed by atoms with Crippen LogP contribution in [-0.2, 0) is 29.7 Å². The Kier molecular flexibility index (Phi) is 4.28. The molecular formula is C13H20N6O2. The van der Waals surface area contributed by atoms with Crippen LogP contribution in [0.1, 0.15) is 23.3 Å². The topological polar surface area (TPSA) is 79.0 Å². The molecular weight excluding hydrogens is 272 g/mol.